The molecule has 1 aromatic carbocycles. The molecule has 1 aliphatic heterocycles. The maximum atomic E-state index is 12.9. The number of halogens is 1. The monoisotopic (exact) mass is 381 g/mol. The van der Waals surface area contributed by atoms with E-state index in [0.717, 1.165) is 30.6 Å². The van der Waals surface area contributed by atoms with Crippen LogP contribution < -0.4 is 0 Å². The first-order chi connectivity index (χ1) is 13.2. The molecule has 0 unspecified atom stereocenters. The van der Waals surface area contributed by atoms with Crippen molar-refractivity contribution in [3.63, 3.8) is 0 Å². The number of likely N-dealkylation sites (tertiary alicyclic amines) is 1. The predicted octanol–water partition coefficient (Wildman–Crippen LogP) is 4.68. The highest BCUT2D eigenvalue weighted by atomic mass is 35.5. The third kappa shape index (κ3) is 4.03. The van der Waals surface area contributed by atoms with Gasteiger partial charge in [-0.3, -0.25) is 9.78 Å². The molecule has 0 radical (unpaired) electrons. The summed E-state index contributed by atoms with van der Waals surface area (Å²) >= 11 is 6.05. The van der Waals surface area contributed by atoms with Gasteiger partial charge in [-0.2, -0.15) is 0 Å². The first-order valence-electron chi connectivity index (χ1n) is 9.11. The lowest BCUT2D eigenvalue weighted by atomic mass is 10.0. The number of carbonyl (C=O) groups excluding carboxylic acids is 1. The molecule has 27 heavy (non-hydrogen) atoms. The Balaban J connectivity index is 1.54. The van der Waals surface area contributed by atoms with Gasteiger partial charge in [-0.05, 0) is 49.1 Å². The Labute approximate surface area is 163 Å². The summed E-state index contributed by atoms with van der Waals surface area (Å²) in [5.74, 6) is 1.35. The maximum absolute atomic E-state index is 12.9. The number of carbonyl (C=O) groups is 1. The first-order valence-corrected chi connectivity index (χ1v) is 9.48. The number of aromatic nitrogens is 2. The summed E-state index contributed by atoms with van der Waals surface area (Å²) in [6.45, 7) is 0.699. The molecule has 0 spiro atoms. The summed E-state index contributed by atoms with van der Waals surface area (Å²) in [5.41, 5.74) is 1.66. The average molecular weight is 382 g/mol. The molecule has 4 rings (SSSR count). The number of rotatable bonds is 4. The third-order valence-electron chi connectivity index (χ3n) is 4.80. The molecule has 138 valence electrons. The molecule has 0 bridgehead atoms. The summed E-state index contributed by atoms with van der Waals surface area (Å²) in [6, 6.07) is 11.1. The minimum atomic E-state index is -0.139. The minimum Gasteiger partial charge on any atom is -0.443 e. The largest absolute Gasteiger partial charge is 0.443 e. The lowest BCUT2D eigenvalue weighted by Crippen LogP contribution is -2.38. The van der Waals surface area contributed by atoms with Gasteiger partial charge >= 0.3 is 0 Å². The normalized spacial score (nSPS) is 17.1. The molecule has 2 aromatic heterocycles. The zero-order valence-electron chi connectivity index (χ0n) is 14.8. The van der Waals surface area contributed by atoms with Gasteiger partial charge < -0.3 is 9.32 Å². The SMILES string of the molecule is O=C(c1cccnc1)N1CCCC[C@H]1c1ncc(Cc2cccc(Cl)c2)o1. The molecule has 1 saturated heterocycles. The van der Waals surface area contributed by atoms with Crippen LogP contribution in [0.4, 0.5) is 0 Å². The van der Waals surface area contributed by atoms with Crippen LogP contribution in [0.2, 0.25) is 5.02 Å². The van der Waals surface area contributed by atoms with Gasteiger partial charge in [-0.1, -0.05) is 23.7 Å². The second-order valence-corrected chi connectivity index (χ2v) is 7.16. The van der Waals surface area contributed by atoms with Crippen LogP contribution in [0.25, 0.3) is 0 Å². The van der Waals surface area contributed by atoms with Crippen molar-refractivity contribution >= 4 is 17.5 Å². The maximum Gasteiger partial charge on any atom is 0.256 e. The van der Waals surface area contributed by atoms with Crippen LogP contribution in [-0.4, -0.2) is 27.3 Å². The van der Waals surface area contributed by atoms with Crippen LogP contribution in [0.3, 0.4) is 0 Å². The van der Waals surface area contributed by atoms with Crippen molar-refractivity contribution in [3.05, 3.63) is 82.8 Å². The molecule has 5 nitrogen and oxygen atoms in total. The predicted molar refractivity (Wildman–Crippen MR) is 103 cm³/mol. The third-order valence-corrected chi connectivity index (χ3v) is 5.03. The van der Waals surface area contributed by atoms with Crippen molar-refractivity contribution in [2.24, 2.45) is 0 Å². The molecular weight excluding hydrogens is 362 g/mol. The summed E-state index contributed by atoms with van der Waals surface area (Å²) in [5, 5.41) is 0.702. The van der Waals surface area contributed by atoms with E-state index in [-0.39, 0.29) is 11.9 Å². The van der Waals surface area contributed by atoms with Crippen LogP contribution in [0, 0.1) is 0 Å². The van der Waals surface area contributed by atoms with Gasteiger partial charge in [0, 0.05) is 30.4 Å². The summed E-state index contributed by atoms with van der Waals surface area (Å²) in [6.07, 6.45) is 8.53. The first kappa shape index (κ1) is 17.7. The molecule has 1 amide bonds. The van der Waals surface area contributed by atoms with Crippen molar-refractivity contribution in [1.29, 1.82) is 0 Å². The van der Waals surface area contributed by atoms with E-state index in [1.165, 1.54) is 0 Å². The highest BCUT2D eigenvalue weighted by Gasteiger charge is 2.32. The molecule has 1 aliphatic rings. The van der Waals surface area contributed by atoms with Crippen LogP contribution in [0.5, 0.6) is 0 Å². The van der Waals surface area contributed by atoms with E-state index >= 15 is 0 Å². The molecule has 0 N–H and O–H groups in total. The van der Waals surface area contributed by atoms with Crippen LogP contribution in [0.15, 0.2) is 59.4 Å². The highest BCUT2D eigenvalue weighted by molar-refractivity contribution is 6.30. The fourth-order valence-electron chi connectivity index (χ4n) is 3.49. The number of oxazole rings is 1. The fourth-order valence-corrected chi connectivity index (χ4v) is 3.71. The second kappa shape index (κ2) is 7.92. The van der Waals surface area contributed by atoms with Gasteiger partial charge in [-0.25, -0.2) is 4.98 Å². The van der Waals surface area contributed by atoms with Crippen molar-refractivity contribution < 1.29 is 9.21 Å². The molecule has 0 saturated carbocycles. The molecule has 1 fully saturated rings. The smallest absolute Gasteiger partial charge is 0.256 e. The Morgan fingerprint density at radius 2 is 2.15 bits per heavy atom. The average Bonchev–Trinajstić information content (AvgIpc) is 3.16. The molecule has 3 heterocycles. The van der Waals surface area contributed by atoms with Crippen molar-refractivity contribution in [1.82, 2.24) is 14.9 Å². The number of nitrogens with zero attached hydrogens (tertiary/aromatic N) is 3. The van der Waals surface area contributed by atoms with E-state index < -0.39 is 0 Å². The topological polar surface area (TPSA) is 59.2 Å². The zero-order chi connectivity index (χ0) is 18.6. The summed E-state index contributed by atoms with van der Waals surface area (Å²) in [7, 11) is 0. The Morgan fingerprint density at radius 3 is 2.96 bits per heavy atom. The van der Waals surface area contributed by atoms with Gasteiger partial charge in [0.15, 0.2) is 0 Å². The lowest BCUT2D eigenvalue weighted by molar-refractivity contribution is 0.0569. The summed E-state index contributed by atoms with van der Waals surface area (Å²) in [4.78, 5) is 23.3. The van der Waals surface area contributed by atoms with E-state index in [4.69, 9.17) is 16.0 Å². The number of pyridine rings is 1. The van der Waals surface area contributed by atoms with Crippen molar-refractivity contribution in [2.45, 2.75) is 31.7 Å². The van der Waals surface area contributed by atoms with Gasteiger partial charge in [0.2, 0.25) is 5.89 Å². The van der Waals surface area contributed by atoms with Gasteiger partial charge in [0.1, 0.15) is 11.8 Å². The fraction of sp³-hybridized carbons (Fsp3) is 0.286. The van der Waals surface area contributed by atoms with Crippen LogP contribution >= 0.6 is 11.6 Å². The van der Waals surface area contributed by atoms with E-state index in [1.807, 2.05) is 29.2 Å². The number of piperidine rings is 1. The Bertz CT molecular complexity index is 926. The highest BCUT2D eigenvalue weighted by Crippen LogP contribution is 2.32. The van der Waals surface area contributed by atoms with E-state index in [0.29, 0.717) is 29.4 Å². The van der Waals surface area contributed by atoms with E-state index in [2.05, 4.69) is 9.97 Å². The Hall–Kier alpha value is -2.66. The minimum absolute atomic E-state index is 0.0256. The van der Waals surface area contributed by atoms with E-state index in [1.54, 1.807) is 30.7 Å². The number of hydrogen-bond donors (Lipinski definition) is 0. The van der Waals surface area contributed by atoms with Crippen LogP contribution in [-0.2, 0) is 6.42 Å². The summed E-state index contributed by atoms with van der Waals surface area (Å²) < 4.78 is 6.02. The molecule has 3 aromatic rings. The van der Waals surface area contributed by atoms with E-state index in [9.17, 15) is 4.79 Å². The number of benzene rings is 1. The van der Waals surface area contributed by atoms with Crippen molar-refractivity contribution in [2.75, 3.05) is 6.54 Å². The van der Waals surface area contributed by atoms with Gasteiger partial charge in [0.25, 0.3) is 5.91 Å². The standard InChI is InChI=1S/C21H20ClN3O2/c22-17-7-3-5-15(11-17)12-18-14-24-20(27-18)19-8-1-2-10-25(19)21(26)16-6-4-9-23-13-16/h3-7,9,11,13-14,19H,1-2,8,10,12H2/t19-/m0/s1. The lowest BCUT2D eigenvalue weighted by Gasteiger charge is -2.33. The molecule has 6 heteroatoms. The quantitative estimate of drug-likeness (QED) is 0.658. The molecule has 0 aliphatic carbocycles. The van der Waals surface area contributed by atoms with Crippen molar-refractivity contribution in [3.8, 4) is 0 Å². The number of hydrogen-bond acceptors (Lipinski definition) is 4. The second-order valence-electron chi connectivity index (χ2n) is 6.72. The van der Waals surface area contributed by atoms with Gasteiger partial charge in [-0.15, -0.1) is 0 Å². The zero-order valence-corrected chi connectivity index (χ0v) is 15.6. The molecular formula is C21H20ClN3O2. The Kier molecular flexibility index (Phi) is 5.21. The number of amides is 1. The van der Waals surface area contributed by atoms with Gasteiger partial charge in [0.05, 0.1) is 11.8 Å². The molecule has 1 atom stereocenters. The van der Waals surface area contributed by atoms with Crippen LogP contribution in [0.1, 0.15) is 52.9 Å². The Morgan fingerprint density at radius 1 is 1.22 bits per heavy atom.